The van der Waals surface area contributed by atoms with Crippen molar-refractivity contribution in [2.75, 3.05) is 0 Å². The number of carbonyl (C=O) groups is 1. The molecule has 0 unspecified atom stereocenters. The second-order valence-electron chi connectivity index (χ2n) is 4.55. The fraction of sp³-hybridized carbons (Fsp3) is 0.0625. The molecule has 6 heteroatoms. The van der Waals surface area contributed by atoms with Crippen LogP contribution in [0.3, 0.4) is 0 Å². The summed E-state index contributed by atoms with van der Waals surface area (Å²) >= 11 is 6.14. The third-order valence-electron chi connectivity index (χ3n) is 3.08. The Morgan fingerprint density at radius 3 is 2.86 bits per heavy atom. The van der Waals surface area contributed by atoms with Gasteiger partial charge in [0.05, 0.1) is 5.02 Å². The molecule has 1 aromatic carbocycles. The van der Waals surface area contributed by atoms with Crippen LogP contribution in [0, 0.1) is 0 Å². The van der Waals surface area contributed by atoms with Crippen molar-refractivity contribution in [2.45, 2.75) is 6.54 Å². The van der Waals surface area contributed by atoms with Gasteiger partial charge >= 0.3 is 0 Å². The van der Waals surface area contributed by atoms with E-state index in [0.717, 1.165) is 5.56 Å². The normalized spacial score (nSPS) is 10.4. The van der Waals surface area contributed by atoms with E-state index in [0.29, 0.717) is 22.9 Å². The van der Waals surface area contributed by atoms with Crippen LogP contribution in [-0.4, -0.2) is 15.9 Å². The fourth-order valence-corrected chi connectivity index (χ4v) is 2.23. The van der Waals surface area contributed by atoms with Crippen LogP contribution < -0.4 is 5.32 Å². The van der Waals surface area contributed by atoms with Gasteiger partial charge in [-0.3, -0.25) is 9.78 Å². The van der Waals surface area contributed by atoms with Crippen molar-refractivity contribution in [3.63, 3.8) is 0 Å². The predicted octanol–water partition coefficient (Wildman–Crippen LogP) is 3.32. The molecule has 0 fully saturated rings. The first-order chi connectivity index (χ1) is 10.8. The van der Waals surface area contributed by atoms with E-state index < -0.39 is 0 Å². The summed E-state index contributed by atoms with van der Waals surface area (Å²) in [6.45, 7) is 0.363. The summed E-state index contributed by atoms with van der Waals surface area (Å²) in [6.07, 6.45) is 4.61. The highest BCUT2D eigenvalue weighted by atomic mass is 35.5. The SMILES string of the molecule is O=C(NCc1cccnc1)c1ncoc1-c1ccccc1Cl. The molecule has 0 saturated heterocycles. The number of halogens is 1. The average molecular weight is 314 g/mol. The lowest BCUT2D eigenvalue weighted by Crippen LogP contribution is -2.23. The van der Waals surface area contributed by atoms with Gasteiger partial charge in [0, 0.05) is 24.5 Å². The highest BCUT2D eigenvalue weighted by Gasteiger charge is 2.19. The van der Waals surface area contributed by atoms with Gasteiger partial charge in [-0.2, -0.15) is 0 Å². The Morgan fingerprint density at radius 2 is 2.09 bits per heavy atom. The quantitative estimate of drug-likeness (QED) is 0.802. The molecule has 0 atom stereocenters. The van der Waals surface area contributed by atoms with Gasteiger partial charge in [-0.05, 0) is 23.8 Å². The molecule has 0 bridgehead atoms. The Morgan fingerprint density at radius 1 is 1.23 bits per heavy atom. The lowest BCUT2D eigenvalue weighted by molar-refractivity contribution is 0.0946. The summed E-state index contributed by atoms with van der Waals surface area (Å²) in [5.74, 6) is 0.0295. The molecule has 2 heterocycles. The molecule has 1 N–H and O–H groups in total. The average Bonchev–Trinajstić information content (AvgIpc) is 3.03. The molecule has 0 aliphatic rings. The number of pyridine rings is 1. The van der Waals surface area contributed by atoms with Crippen LogP contribution in [0.4, 0.5) is 0 Å². The minimum Gasteiger partial charge on any atom is -0.443 e. The summed E-state index contributed by atoms with van der Waals surface area (Å²) < 4.78 is 5.34. The van der Waals surface area contributed by atoms with E-state index >= 15 is 0 Å². The van der Waals surface area contributed by atoms with Crippen molar-refractivity contribution in [1.29, 1.82) is 0 Å². The molecule has 3 aromatic rings. The van der Waals surface area contributed by atoms with Crippen molar-refractivity contribution in [2.24, 2.45) is 0 Å². The predicted molar refractivity (Wildman–Crippen MR) is 82.4 cm³/mol. The van der Waals surface area contributed by atoms with Crippen LogP contribution in [0.15, 0.2) is 59.6 Å². The van der Waals surface area contributed by atoms with Crippen molar-refractivity contribution >= 4 is 17.5 Å². The Hall–Kier alpha value is -2.66. The fourth-order valence-electron chi connectivity index (χ4n) is 2.01. The van der Waals surface area contributed by atoms with E-state index in [9.17, 15) is 4.79 Å². The van der Waals surface area contributed by atoms with Crippen molar-refractivity contribution in [1.82, 2.24) is 15.3 Å². The topological polar surface area (TPSA) is 68.0 Å². The molecule has 0 spiro atoms. The second kappa shape index (κ2) is 6.41. The van der Waals surface area contributed by atoms with Crippen molar-refractivity contribution in [3.8, 4) is 11.3 Å². The van der Waals surface area contributed by atoms with E-state index in [-0.39, 0.29) is 11.6 Å². The molecule has 0 aliphatic heterocycles. The van der Waals surface area contributed by atoms with Crippen LogP contribution >= 0.6 is 11.6 Å². The third-order valence-corrected chi connectivity index (χ3v) is 3.41. The lowest BCUT2D eigenvalue weighted by Gasteiger charge is -2.05. The smallest absolute Gasteiger partial charge is 0.274 e. The van der Waals surface area contributed by atoms with E-state index in [1.165, 1.54) is 6.39 Å². The first kappa shape index (κ1) is 14.3. The monoisotopic (exact) mass is 313 g/mol. The zero-order chi connectivity index (χ0) is 15.4. The zero-order valence-corrected chi connectivity index (χ0v) is 12.2. The maximum Gasteiger partial charge on any atom is 0.274 e. The number of nitrogens with zero attached hydrogens (tertiary/aromatic N) is 2. The molecule has 110 valence electrons. The summed E-state index contributed by atoms with van der Waals surface area (Å²) in [4.78, 5) is 20.3. The highest BCUT2D eigenvalue weighted by Crippen LogP contribution is 2.29. The van der Waals surface area contributed by atoms with Gasteiger partial charge in [0.1, 0.15) is 0 Å². The molecule has 5 nitrogen and oxygen atoms in total. The van der Waals surface area contributed by atoms with Gasteiger partial charge in [0.25, 0.3) is 5.91 Å². The van der Waals surface area contributed by atoms with Crippen LogP contribution in [0.25, 0.3) is 11.3 Å². The number of amides is 1. The first-order valence-electron chi connectivity index (χ1n) is 6.61. The van der Waals surface area contributed by atoms with Crippen molar-refractivity contribution in [3.05, 3.63) is 71.5 Å². The van der Waals surface area contributed by atoms with Crippen molar-refractivity contribution < 1.29 is 9.21 Å². The maximum atomic E-state index is 12.3. The summed E-state index contributed by atoms with van der Waals surface area (Å²) in [5.41, 5.74) is 1.74. The third kappa shape index (κ3) is 2.99. The summed E-state index contributed by atoms with van der Waals surface area (Å²) in [5, 5.41) is 3.29. The Bertz CT molecular complexity index is 787. The van der Waals surface area contributed by atoms with Crippen LogP contribution in [0.2, 0.25) is 5.02 Å². The number of hydrogen-bond acceptors (Lipinski definition) is 4. The maximum absolute atomic E-state index is 12.3. The van der Waals surface area contributed by atoms with Gasteiger partial charge < -0.3 is 9.73 Å². The second-order valence-corrected chi connectivity index (χ2v) is 4.96. The first-order valence-corrected chi connectivity index (χ1v) is 6.99. The van der Waals surface area contributed by atoms with Gasteiger partial charge in [0.2, 0.25) is 0 Å². The van der Waals surface area contributed by atoms with E-state index in [2.05, 4.69) is 15.3 Å². The number of rotatable bonds is 4. The van der Waals surface area contributed by atoms with E-state index in [1.54, 1.807) is 24.5 Å². The van der Waals surface area contributed by atoms with Gasteiger partial charge in [-0.25, -0.2) is 4.98 Å². The molecule has 3 rings (SSSR count). The van der Waals surface area contributed by atoms with Crippen LogP contribution in [-0.2, 0) is 6.54 Å². The van der Waals surface area contributed by atoms with E-state index in [4.69, 9.17) is 16.0 Å². The van der Waals surface area contributed by atoms with Gasteiger partial charge in [0.15, 0.2) is 17.8 Å². The largest absolute Gasteiger partial charge is 0.443 e. The standard InChI is InChI=1S/C16H12ClN3O2/c17-13-6-2-1-5-12(13)15-14(20-10-22-15)16(21)19-9-11-4-3-7-18-8-11/h1-8,10H,9H2,(H,19,21). The minimum absolute atomic E-state index is 0.206. The Kier molecular flexibility index (Phi) is 4.16. The number of benzene rings is 1. The van der Waals surface area contributed by atoms with Crippen LogP contribution in [0.5, 0.6) is 0 Å². The number of hydrogen-bond donors (Lipinski definition) is 1. The lowest BCUT2D eigenvalue weighted by atomic mass is 10.1. The Balaban J connectivity index is 1.80. The number of carbonyl (C=O) groups excluding carboxylic acids is 1. The Labute approximate surface area is 132 Å². The summed E-state index contributed by atoms with van der Waals surface area (Å²) in [7, 11) is 0. The molecule has 0 aliphatic carbocycles. The number of nitrogens with one attached hydrogen (secondary N) is 1. The molecule has 22 heavy (non-hydrogen) atoms. The molecule has 1 amide bonds. The zero-order valence-electron chi connectivity index (χ0n) is 11.5. The van der Waals surface area contributed by atoms with Gasteiger partial charge in [-0.1, -0.05) is 29.8 Å². The molecule has 0 saturated carbocycles. The number of oxazole rings is 1. The highest BCUT2D eigenvalue weighted by molar-refractivity contribution is 6.33. The minimum atomic E-state index is -0.326. The number of aromatic nitrogens is 2. The summed E-state index contributed by atoms with van der Waals surface area (Å²) in [6, 6.07) is 10.8. The molecular formula is C16H12ClN3O2. The van der Waals surface area contributed by atoms with Gasteiger partial charge in [-0.15, -0.1) is 0 Å². The van der Waals surface area contributed by atoms with E-state index in [1.807, 2.05) is 24.3 Å². The van der Waals surface area contributed by atoms with Crippen LogP contribution in [0.1, 0.15) is 16.1 Å². The molecule has 0 radical (unpaired) electrons. The molecule has 2 aromatic heterocycles. The molecular weight excluding hydrogens is 302 g/mol.